The minimum atomic E-state index is -4.17. The van der Waals surface area contributed by atoms with Gasteiger partial charge in [-0.1, -0.05) is 42.8 Å². The van der Waals surface area contributed by atoms with Gasteiger partial charge in [-0.25, -0.2) is 8.42 Å². The number of aliphatic hydroxyl groups is 2. The second-order valence-electron chi connectivity index (χ2n) is 13.8. The normalized spacial score (nSPS) is 25.4. The molecule has 5 rings (SSSR count). The highest BCUT2D eigenvalue weighted by Crippen LogP contribution is 2.62. The molecule has 12 nitrogen and oxygen atoms in total. The van der Waals surface area contributed by atoms with Crippen LogP contribution in [0.2, 0.25) is 0 Å². The highest BCUT2D eigenvalue weighted by Gasteiger charge is 2.65. The number of likely N-dealkylation sites (N-methyl/N-ethyl adjacent to an activating group) is 1. The lowest BCUT2D eigenvalue weighted by atomic mass is 9.55. The van der Waals surface area contributed by atoms with E-state index in [1.54, 1.807) is 24.3 Å². The number of fused-ring (bicyclic) bond motifs is 2. The van der Waals surface area contributed by atoms with Gasteiger partial charge in [0.05, 0.1) is 29.2 Å². The van der Waals surface area contributed by atoms with Crippen LogP contribution in [-0.4, -0.2) is 87.0 Å². The summed E-state index contributed by atoms with van der Waals surface area (Å²) in [5, 5.41) is 26.7. The number of amides is 1. The van der Waals surface area contributed by atoms with Gasteiger partial charge in [0.25, 0.3) is 0 Å². The lowest BCUT2D eigenvalue weighted by Gasteiger charge is -2.59. The molecule has 1 fully saturated rings. The third kappa shape index (κ3) is 8.39. The van der Waals surface area contributed by atoms with Crippen molar-refractivity contribution in [2.45, 2.75) is 74.5 Å². The third-order valence-electron chi connectivity index (χ3n) is 10.5. The first kappa shape index (κ1) is 40.2. The molecule has 0 saturated heterocycles. The minimum absolute atomic E-state index is 0.0313. The molecule has 1 aliphatic heterocycles. The molecule has 0 aromatic heterocycles. The molecule has 288 valence electrons. The fraction of sp³-hybridized carbons (Fsp3) is 0.500. The van der Waals surface area contributed by atoms with Crippen LogP contribution < -0.4 is 14.8 Å². The SMILES string of the molecule is C=CCOc1ccc2c(c1)C1C(CCCCO)C(CCCCO)C=C3C(=NOC)CC(N(C)S(=O)(=O)c4ccc(NC(C)=O)cc4)C(OCC=C)(O2)C31. The van der Waals surface area contributed by atoms with E-state index in [0.717, 1.165) is 36.8 Å². The second-order valence-corrected chi connectivity index (χ2v) is 15.8. The van der Waals surface area contributed by atoms with Crippen LogP contribution in [0.4, 0.5) is 5.69 Å². The van der Waals surface area contributed by atoms with Gasteiger partial charge >= 0.3 is 0 Å². The van der Waals surface area contributed by atoms with Crippen LogP contribution in [0.3, 0.4) is 0 Å². The Morgan fingerprint density at radius 3 is 2.40 bits per heavy atom. The number of oxime groups is 1. The molecule has 3 N–H and O–H groups in total. The quantitative estimate of drug-likeness (QED) is 0.0919. The molecular formula is C40H53N3O9S. The number of sulfonamides is 1. The van der Waals surface area contributed by atoms with E-state index in [1.807, 2.05) is 18.2 Å². The van der Waals surface area contributed by atoms with E-state index in [-0.39, 0.29) is 54.8 Å². The van der Waals surface area contributed by atoms with Crippen molar-refractivity contribution >= 4 is 27.3 Å². The average molecular weight is 752 g/mol. The van der Waals surface area contributed by atoms with E-state index in [1.165, 1.54) is 37.5 Å². The highest BCUT2D eigenvalue weighted by atomic mass is 32.2. The Hall–Kier alpha value is -4.01. The van der Waals surface area contributed by atoms with E-state index in [2.05, 4.69) is 29.7 Å². The van der Waals surface area contributed by atoms with Crippen molar-refractivity contribution in [1.82, 2.24) is 4.31 Å². The molecule has 13 heteroatoms. The number of carbonyl (C=O) groups is 1. The van der Waals surface area contributed by atoms with Gasteiger partial charge in [-0.05, 0) is 85.6 Å². The smallest absolute Gasteiger partial charge is 0.243 e. The number of benzene rings is 2. The van der Waals surface area contributed by atoms with Crippen LogP contribution in [-0.2, 0) is 24.4 Å². The lowest BCUT2D eigenvalue weighted by Crippen LogP contribution is -2.69. The molecule has 6 unspecified atom stereocenters. The highest BCUT2D eigenvalue weighted by molar-refractivity contribution is 7.89. The van der Waals surface area contributed by atoms with E-state index in [0.29, 0.717) is 42.3 Å². The summed E-state index contributed by atoms with van der Waals surface area (Å²) in [5.41, 5.74) is 2.86. The molecule has 0 radical (unpaired) electrons. The predicted octanol–water partition coefficient (Wildman–Crippen LogP) is 5.79. The largest absolute Gasteiger partial charge is 0.490 e. The van der Waals surface area contributed by atoms with Crippen molar-refractivity contribution in [2.24, 2.45) is 22.9 Å². The maximum atomic E-state index is 14.5. The minimum Gasteiger partial charge on any atom is -0.490 e. The van der Waals surface area contributed by atoms with Crippen molar-refractivity contribution in [3.63, 3.8) is 0 Å². The van der Waals surface area contributed by atoms with Gasteiger partial charge in [0.2, 0.25) is 21.7 Å². The topological polar surface area (TPSA) is 156 Å². The van der Waals surface area contributed by atoms with E-state index >= 15 is 0 Å². The molecule has 1 heterocycles. The number of anilines is 1. The summed E-state index contributed by atoms with van der Waals surface area (Å²) in [7, 11) is -1.17. The van der Waals surface area contributed by atoms with Gasteiger partial charge in [0.15, 0.2) is 0 Å². The zero-order valence-corrected chi connectivity index (χ0v) is 31.7. The maximum Gasteiger partial charge on any atom is 0.243 e. The number of rotatable bonds is 19. The second kappa shape index (κ2) is 17.9. The average Bonchev–Trinajstić information content (AvgIpc) is 3.14. The van der Waals surface area contributed by atoms with Gasteiger partial charge in [-0.2, -0.15) is 4.31 Å². The van der Waals surface area contributed by atoms with Crippen LogP contribution >= 0.6 is 0 Å². The van der Waals surface area contributed by atoms with Crippen LogP contribution in [0.1, 0.15) is 63.4 Å². The Morgan fingerprint density at radius 1 is 1.06 bits per heavy atom. The van der Waals surface area contributed by atoms with Gasteiger partial charge < -0.3 is 34.6 Å². The summed E-state index contributed by atoms with van der Waals surface area (Å²) < 4.78 is 50.3. The van der Waals surface area contributed by atoms with E-state index in [9.17, 15) is 23.4 Å². The predicted molar refractivity (Wildman–Crippen MR) is 203 cm³/mol. The first-order valence-corrected chi connectivity index (χ1v) is 19.7. The lowest BCUT2D eigenvalue weighted by molar-refractivity contribution is -0.250. The fourth-order valence-electron chi connectivity index (χ4n) is 8.31. The van der Waals surface area contributed by atoms with Gasteiger partial charge in [-0.15, -0.1) is 6.58 Å². The van der Waals surface area contributed by atoms with Crippen LogP contribution in [0.15, 0.2) is 89.5 Å². The third-order valence-corrected chi connectivity index (χ3v) is 12.4. The molecule has 6 atom stereocenters. The summed E-state index contributed by atoms with van der Waals surface area (Å²) in [6.45, 7) is 9.67. The number of hydrogen-bond donors (Lipinski definition) is 3. The summed E-state index contributed by atoms with van der Waals surface area (Å²) in [6, 6.07) is 10.8. The number of aliphatic hydroxyl groups excluding tert-OH is 2. The van der Waals surface area contributed by atoms with Crippen LogP contribution in [0, 0.1) is 17.8 Å². The Labute approximate surface area is 313 Å². The number of nitrogens with zero attached hydrogens (tertiary/aromatic N) is 2. The number of nitrogens with one attached hydrogen (secondary N) is 1. The summed E-state index contributed by atoms with van der Waals surface area (Å²) in [5.74, 6) is -1.27. The molecule has 1 amide bonds. The molecule has 2 aromatic carbocycles. The zero-order chi connectivity index (χ0) is 38.2. The summed E-state index contributed by atoms with van der Waals surface area (Å²) in [4.78, 5) is 17.1. The summed E-state index contributed by atoms with van der Waals surface area (Å²) >= 11 is 0. The molecule has 0 spiro atoms. The van der Waals surface area contributed by atoms with E-state index < -0.39 is 27.8 Å². The molecule has 53 heavy (non-hydrogen) atoms. The standard InChI is InChI=1S/C40H53N3O9S/c1-6-22-50-30-16-19-36-34(25-30)38-32(13-9-11-21-45)28(12-8-10-20-44)24-33-35(42-49-5)26-37(40(52-36,39(33)38)51-23-7-2)43(4)53(47,48)31-17-14-29(15-18-31)41-27(3)46/h6-7,14-19,24-25,28,32,37-39,44-45H,1-2,8-13,20-23,26H2,3-5H3,(H,41,46). The number of allylic oxidation sites excluding steroid dienone is 1. The number of unbranched alkanes of at least 4 members (excludes halogenated alkanes) is 2. The summed E-state index contributed by atoms with van der Waals surface area (Å²) in [6.07, 6.45) is 10.1. The first-order valence-electron chi connectivity index (χ1n) is 18.3. The number of carbonyl (C=O) groups excluding carboxylic acids is 1. The van der Waals surface area contributed by atoms with Gasteiger partial charge in [-0.3, -0.25) is 4.79 Å². The molecule has 3 aliphatic rings. The monoisotopic (exact) mass is 751 g/mol. The molecule has 0 bridgehead atoms. The maximum absolute atomic E-state index is 14.5. The molecular weight excluding hydrogens is 699 g/mol. The fourth-order valence-corrected chi connectivity index (χ4v) is 9.67. The molecule has 1 saturated carbocycles. The number of hydrogen-bond acceptors (Lipinski definition) is 10. The van der Waals surface area contributed by atoms with Gasteiger partial charge in [0.1, 0.15) is 25.2 Å². The van der Waals surface area contributed by atoms with Crippen molar-refractivity contribution in [2.75, 3.05) is 45.9 Å². The van der Waals surface area contributed by atoms with Crippen LogP contribution in [0.5, 0.6) is 11.5 Å². The van der Waals surface area contributed by atoms with Crippen molar-refractivity contribution in [3.05, 3.63) is 85.0 Å². The Kier molecular flexibility index (Phi) is 13.6. The molecule has 2 aromatic rings. The van der Waals surface area contributed by atoms with E-state index in [4.69, 9.17) is 19.0 Å². The zero-order valence-electron chi connectivity index (χ0n) is 30.9. The van der Waals surface area contributed by atoms with Crippen molar-refractivity contribution < 1.29 is 42.5 Å². The molecule has 2 aliphatic carbocycles. The van der Waals surface area contributed by atoms with Crippen molar-refractivity contribution in [1.29, 1.82) is 0 Å². The van der Waals surface area contributed by atoms with Gasteiger partial charge in [0, 0.05) is 50.8 Å². The Morgan fingerprint density at radius 2 is 1.75 bits per heavy atom. The van der Waals surface area contributed by atoms with Crippen LogP contribution in [0.25, 0.3) is 0 Å². The Balaban J connectivity index is 1.74. The van der Waals surface area contributed by atoms with Crippen molar-refractivity contribution in [3.8, 4) is 11.5 Å². The first-order chi connectivity index (χ1) is 25.6. The number of ether oxygens (including phenoxy) is 3. The Bertz CT molecular complexity index is 1780.